The van der Waals surface area contributed by atoms with Crippen LogP contribution in [0.4, 0.5) is 0 Å². The maximum atomic E-state index is 13.4. The molecule has 0 unspecified atom stereocenters. The second-order valence-corrected chi connectivity index (χ2v) is 16.1. The number of ether oxygens (including phenoxy) is 3. The first kappa shape index (κ1) is 28.5. The summed E-state index contributed by atoms with van der Waals surface area (Å²) in [5.74, 6) is -1.27. The summed E-state index contributed by atoms with van der Waals surface area (Å²) < 4.78 is 17.1. The van der Waals surface area contributed by atoms with Gasteiger partial charge in [-0.3, -0.25) is 9.59 Å². The standard InChI is InChI=1S/C33H38O5Si/c1-32(2,3)39(27-17-11-7-12-18-27,28-19-13-8-14-20-28)24-26-23-33(30(34)36-4,31(35)37-5)29(38-26)22-21-25-15-9-6-10-16-25/h6-22,26,29H,23-24H2,1-5H3/b22-21+/t26-,29-/m0/s1. The highest BCUT2D eigenvalue weighted by molar-refractivity contribution is 7.04. The third kappa shape index (κ3) is 5.36. The summed E-state index contributed by atoms with van der Waals surface area (Å²) in [7, 11) is 0.0754. The van der Waals surface area contributed by atoms with Crippen molar-refractivity contribution in [3.63, 3.8) is 0 Å². The van der Waals surface area contributed by atoms with Gasteiger partial charge in [0.05, 0.1) is 20.3 Å². The van der Waals surface area contributed by atoms with Crippen LogP contribution in [0.15, 0.2) is 97.1 Å². The van der Waals surface area contributed by atoms with Crippen molar-refractivity contribution in [1.29, 1.82) is 0 Å². The molecule has 3 aromatic rings. The molecule has 39 heavy (non-hydrogen) atoms. The topological polar surface area (TPSA) is 61.8 Å². The van der Waals surface area contributed by atoms with Crippen molar-refractivity contribution in [1.82, 2.24) is 0 Å². The Labute approximate surface area is 232 Å². The molecule has 1 heterocycles. The van der Waals surface area contributed by atoms with E-state index in [-0.39, 0.29) is 17.6 Å². The maximum Gasteiger partial charge on any atom is 0.326 e. The molecule has 0 spiro atoms. The van der Waals surface area contributed by atoms with Crippen molar-refractivity contribution < 1.29 is 23.8 Å². The highest BCUT2D eigenvalue weighted by atomic mass is 28.3. The average molecular weight is 543 g/mol. The smallest absolute Gasteiger partial charge is 0.326 e. The highest BCUT2D eigenvalue weighted by Crippen LogP contribution is 2.47. The van der Waals surface area contributed by atoms with E-state index in [1.54, 1.807) is 6.08 Å². The molecule has 0 radical (unpaired) electrons. The van der Waals surface area contributed by atoms with Crippen LogP contribution in [0.1, 0.15) is 32.8 Å². The lowest BCUT2D eigenvalue weighted by molar-refractivity contribution is -0.171. The first-order valence-corrected chi connectivity index (χ1v) is 15.6. The zero-order chi connectivity index (χ0) is 28.1. The molecule has 6 heteroatoms. The van der Waals surface area contributed by atoms with E-state index >= 15 is 0 Å². The van der Waals surface area contributed by atoms with E-state index < -0.39 is 31.5 Å². The number of carbonyl (C=O) groups excluding carboxylic acids is 2. The molecule has 2 atom stereocenters. The van der Waals surface area contributed by atoms with E-state index in [0.717, 1.165) is 5.56 Å². The summed E-state index contributed by atoms with van der Waals surface area (Å²) in [6.07, 6.45) is 2.66. The summed E-state index contributed by atoms with van der Waals surface area (Å²) in [6.45, 7) is 6.86. The minimum absolute atomic E-state index is 0.101. The fourth-order valence-corrected chi connectivity index (χ4v) is 11.7. The summed E-state index contributed by atoms with van der Waals surface area (Å²) >= 11 is 0. The van der Waals surface area contributed by atoms with Crippen molar-refractivity contribution in [3.8, 4) is 0 Å². The van der Waals surface area contributed by atoms with E-state index in [9.17, 15) is 9.59 Å². The molecule has 4 rings (SSSR count). The number of hydrogen-bond donors (Lipinski definition) is 0. The molecule has 0 saturated carbocycles. The van der Waals surface area contributed by atoms with Crippen LogP contribution >= 0.6 is 0 Å². The number of hydrogen-bond acceptors (Lipinski definition) is 5. The molecule has 3 aromatic carbocycles. The van der Waals surface area contributed by atoms with Gasteiger partial charge in [0.25, 0.3) is 0 Å². The molecule has 0 bridgehead atoms. The lowest BCUT2D eigenvalue weighted by Gasteiger charge is -2.45. The fraction of sp³-hybridized carbons (Fsp3) is 0.333. The van der Waals surface area contributed by atoms with Crippen molar-refractivity contribution in [3.05, 3.63) is 103 Å². The van der Waals surface area contributed by atoms with E-state index in [4.69, 9.17) is 14.2 Å². The molecule has 0 aromatic heterocycles. The predicted octanol–water partition coefficient (Wildman–Crippen LogP) is 5.25. The normalized spacial score (nSPS) is 19.1. The summed E-state index contributed by atoms with van der Waals surface area (Å²) in [5, 5.41) is 2.48. The maximum absolute atomic E-state index is 13.4. The van der Waals surface area contributed by atoms with Gasteiger partial charge in [0.15, 0.2) is 5.41 Å². The third-order valence-corrected chi connectivity index (χ3v) is 14.4. The van der Waals surface area contributed by atoms with Gasteiger partial charge in [-0.1, -0.05) is 134 Å². The molecule has 1 aliphatic rings. The fourth-order valence-electron chi connectivity index (χ4n) is 6.15. The van der Waals surface area contributed by atoms with Crippen LogP contribution in [0.2, 0.25) is 11.1 Å². The van der Waals surface area contributed by atoms with Gasteiger partial charge < -0.3 is 14.2 Å². The quantitative estimate of drug-likeness (QED) is 0.221. The van der Waals surface area contributed by atoms with Crippen LogP contribution in [-0.4, -0.2) is 46.4 Å². The summed E-state index contributed by atoms with van der Waals surface area (Å²) in [6, 6.07) is 31.7. The Morgan fingerprint density at radius 3 is 1.74 bits per heavy atom. The van der Waals surface area contributed by atoms with E-state index in [2.05, 4.69) is 69.3 Å². The Morgan fingerprint density at radius 1 is 0.846 bits per heavy atom. The molecule has 1 fully saturated rings. The zero-order valence-corrected chi connectivity index (χ0v) is 24.4. The van der Waals surface area contributed by atoms with Gasteiger partial charge in [0.2, 0.25) is 0 Å². The number of carbonyl (C=O) groups is 2. The molecule has 0 N–H and O–H groups in total. The Morgan fingerprint density at radius 2 is 1.31 bits per heavy atom. The Kier molecular flexibility index (Phi) is 8.57. The van der Waals surface area contributed by atoms with Gasteiger partial charge in [-0.05, 0) is 16.6 Å². The van der Waals surface area contributed by atoms with Crippen molar-refractivity contribution in [2.75, 3.05) is 14.2 Å². The minimum Gasteiger partial charge on any atom is -0.468 e. The van der Waals surface area contributed by atoms with E-state index in [0.29, 0.717) is 6.04 Å². The number of benzene rings is 3. The van der Waals surface area contributed by atoms with Crippen LogP contribution in [-0.2, 0) is 23.8 Å². The molecule has 0 amide bonds. The SMILES string of the molecule is COC(=O)C1(C(=O)OC)C[C@@H](C[Si](c2ccccc2)(c2ccccc2)C(C)(C)C)O[C@H]1/C=C/c1ccccc1. The van der Waals surface area contributed by atoms with Crippen LogP contribution in [0.5, 0.6) is 0 Å². The largest absolute Gasteiger partial charge is 0.468 e. The van der Waals surface area contributed by atoms with Crippen molar-refractivity contribution >= 4 is 36.5 Å². The molecule has 0 aliphatic carbocycles. The number of rotatable bonds is 8. The molecule has 5 nitrogen and oxygen atoms in total. The van der Waals surface area contributed by atoms with Crippen molar-refractivity contribution in [2.45, 2.75) is 50.5 Å². The van der Waals surface area contributed by atoms with Crippen LogP contribution in [0.25, 0.3) is 6.08 Å². The van der Waals surface area contributed by atoms with Crippen LogP contribution in [0.3, 0.4) is 0 Å². The molecular weight excluding hydrogens is 504 g/mol. The van der Waals surface area contributed by atoms with Gasteiger partial charge in [0.1, 0.15) is 14.2 Å². The van der Waals surface area contributed by atoms with Gasteiger partial charge >= 0.3 is 11.9 Å². The molecule has 204 valence electrons. The average Bonchev–Trinajstić information content (AvgIpc) is 3.33. The van der Waals surface area contributed by atoms with Crippen LogP contribution in [0, 0.1) is 5.41 Å². The predicted molar refractivity (Wildman–Crippen MR) is 158 cm³/mol. The second-order valence-electron chi connectivity index (χ2n) is 11.2. The van der Waals surface area contributed by atoms with Gasteiger partial charge in [0, 0.05) is 6.42 Å². The third-order valence-electron chi connectivity index (χ3n) is 8.08. The van der Waals surface area contributed by atoms with E-state index in [1.165, 1.54) is 24.6 Å². The van der Waals surface area contributed by atoms with Gasteiger partial charge in [-0.2, -0.15) is 0 Å². The van der Waals surface area contributed by atoms with Crippen molar-refractivity contribution in [2.24, 2.45) is 5.41 Å². The molecular formula is C33H38O5Si. The summed E-state index contributed by atoms with van der Waals surface area (Å²) in [4.78, 5) is 26.8. The van der Waals surface area contributed by atoms with E-state index in [1.807, 2.05) is 48.5 Å². The van der Waals surface area contributed by atoms with Gasteiger partial charge in [-0.25, -0.2) is 0 Å². The van der Waals surface area contributed by atoms with Gasteiger partial charge in [-0.15, -0.1) is 0 Å². The second kappa shape index (κ2) is 11.7. The number of methoxy groups -OCH3 is 2. The molecule has 1 aliphatic heterocycles. The lowest BCUT2D eigenvalue weighted by Crippen LogP contribution is -2.65. The number of esters is 2. The monoisotopic (exact) mass is 542 g/mol. The summed E-state index contributed by atoms with van der Waals surface area (Å²) in [5.41, 5.74) is -0.648. The Hall–Kier alpha value is -3.48. The Balaban J connectivity index is 1.84. The first-order valence-electron chi connectivity index (χ1n) is 13.4. The zero-order valence-electron chi connectivity index (χ0n) is 23.4. The van der Waals surface area contributed by atoms with Crippen LogP contribution < -0.4 is 10.4 Å². The minimum atomic E-state index is -2.54. The molecule has 1 saturated heterocycles. The highest BCUT2D eigenvalue weighted by Gasteiger charge is 2.62. The first-order chi connectivity index (χ1) is 18.7. The Bertz CT molecular complexity index is 1230. The lowest BCUT2D eigenvalue weighted by atomic mass is 9.79.